The highest BCUT2D eigenvalue weighted by molar-refractivity contribution is 6.00. The number of carbonyl (C=O) groups excluding carboxylic acids is 2. The van der Waals surface area contributed by atoms with Crippen molar-refractivity contribution in [3.8, 4) is 5.75 Å². The molecule has 2 N–H and O–H groups in total. The van der Waals surface area contributed by atoms with Crippen LogP contribution < -0.4 is 20.3 Å². The average Bonchev–Trinajstić information content (AvgIpc) is 3.44. The molecule has 0 radical (unpaired) electrons. The minimum Gasteiger partial charge on any atom is -0.491 e. The molecule has 3 aliphatic heterocycles. The van der Waals surface area contributed by atoms with Gasteiger partial charge in [-0.25, -0.2) is 0 Å². The first kappa shape index (κ1) is 23.9. The smallest absolute Gasteiger partial charge is 0.287 e. The van der Waals surface area contributed by atoms with Gasteiger partial charge >= 0.3 is 0 Å². The van der Waals surface area contributed by atoms with Crippen molar-refractivity contribution in [1.29, 1.82) is 0 Å². The molecule has 11 nitrogen and oxygen atoms in total. The number of nitrogens with zero attached hydrogens (tertiary/aromatic N) is 4. The van der Waals surface area contributed by atoms with Crippen LogP contribution in [0.2, 0.25) is 0 Å². The van der Waals surface area contributed by atoms with E-state index in [2.05, 4.69) is 20.5 Å². The normalized spacial score (nSPS) is 19.2. The van der Waals surface area contributed by atoms with Crippen LogP contribution >= 0.6 is 0 Å². The third kappa shape index (κ3) is 4.79. The van der Waals surface area contributed by atoms with E-state index in [4.69, 9.17) is 14.2 Å². The van der Waals surface area contributed by atoms with Gasteiger partial charge in [-0.2, -0.15) is 0 Å². The van der Waals surface area contributed by atoms with Crippen molar-refractivity contribution in [1.82, 2.24) is 20.1 Å². The highest BCUT2D eigenvalue weighted by atomic mass is 16.5. The molecule has 2 amide bonds. The number of rotatable bonds is 8. The SMILES string of the molecule is COCCOc1ccc2c(c1)CN(C1=CN(C)C(C(=O)Nc3cnccc3N3CCNCC3)O1)C2=O. The topological polar surface area (TPSA) is 108 Å². The summed E-state index contributed by atoms with van der Waals surface area (Å²) in [6.07, 6.45) is 4.12. The van der Waals surface area contributed by atoms with Gasteiger partial charge < -0.3 is 34.6 Å². The molecule has 1 unspecified atom stereocenters. The van der Waals surface area contributed by atoms with E-state index in [1.54, 1.807) is 49.8 Å². The van der Waals surface area contributed by atoms with Crippen LogP contribution in [-0.4, -0.2) is 86.4 Å². The van der Waals surface area contributed by atoms with E-state index in [9.17, 15) is 9.59 Å². The van der Waals surface area contributed by atoms with Gasteiger partial charge in [0.25, 0.3) is 18.0 Å². The number of pyridine rings is 1. The third-order valence-corrected chi connectivity index (χ3v) is 6.36. The molecule has 1 atom stereocenters. The highest BCUT2D eigenvalue weighted by Crippen LogP contribution is 2.33. The Morgan fingerprint density at radius 2 is 2.08 bits per heavy atom. The van der Waals surface area contributed by atoms with Crippen LogP contribution in [0, 0.1) is 0 Å². The fourth-order valence-corrected chi connectivity index (χ4v) is 4.51. The first-order valence-corrected chi connectivity index (χ1v) is 11.9. The number of nitrogens with one attached hydrogen (secondary N) is 2. The van der Waals surface area contributed by atoms with Crippen molar-refractivity contribution in [3.05, 3.63) is 59.9 Å². The lowest BCUT2D eigenvalue weighted by atomic mass is 10.1. The Morgan fingerprint density at radius 1 is 1.25 bits per heavy atom. The van der Waals surface area contributed by atoms with Gasteiger partial charge in [0.1, 0.15) is 12.4 Å². The van der Waals surface area contributed by atoms with Crippen molar-refractivity contribution in [2.75, 3.05) is 63.8 Å². The number of piperazine rings is 1. The van der Waals surface area contributed by atoms with E-state index in [0.29, 0.717) is 42.6 Å². The molecule has 11 heteroatoms. The minimum atomic E-state index is -0.916. The molecule has 3 aliphatic rings. The van der Waals surface area contributed by atoms with Crippen LogP contribution in [-0.2, 0) is 20.8 Å². The summed E-state index contributed by atoms with van der Waals surface area (Å²) in [6.45, 7) is 4.68. The van der Waals surface area contributed by atoms with Crippen LogP contribution in [0.5, 0.6) is 5.75 Å². The molecule has 36 heavy (non-hydrogen) atoms. The molecule has 1 fully saturated rings. The number of fused-ring (bicyclic) bond motifs is 1. The number of aromatic nitrogens is 1. The monoisotopic (exact) mass is 494 g/mol. The molecular weight excluding hydrogens is 464 g/mol. The second-order valence-corrected chi connectivity index (χ2v) is 8.77. The molecule has 190 valence electrons. The molecule has 5 rings (SSSR count). The Bertz CT molecular complexity index is 1170. The summed E-state index contributed by atoms with van der Waals surface area (Å²) in [5.41, 5.74) is 2.97. The van der Waals surface area contributed by atoms with E-state index >= 15 is 0 Å². The van der Waals surface area contributed by atoms with Crippen LogP contribution in [0.15, 0.2) is 48.7 Å². The molecule has 2 aromatic rings. The van der Waals surface area contributed by atoms with Crippen molar-refractivity contribution in [2.45, 2.75) is 12.8 Å². The standard InChI is InChI=1S/C25H30N6O5/c1-29-16-22(31-15-17-13-18(35-12-11-34-2)3-4-19(17)24(31)33)36-25(29)23(32)28-20-14-27-6-5-21(20)30-9-7-26-8-10-30/h3-6,13-14,16,25-26H,7-12,15H2,1-2H3,(H,28,32). The number of benzene rings is 1. The van der Waals surface area contributed by atoms with Crippen LogP contribution in [0.3, 0.4) is 0 Å². The number of hydrogen-bond acceptors (Lipinski definition) is 9. The summed E-state index contributed by atoms with van der Waals surface area (Å²) in [5, 5.41) is 6.29. The largest absolute Gasteiger partial charge is 0.491 e. The lowest BCUT2D eigenvalue weighted by molar-refractivity contribution is -0.130. The number of amides is 2. The summed E-state index contributed by atoms with van der Waals surface area (Å²) in [4.78, 5) is 35.8. The van der Waals surface area contributed by atoms with Gasteiger partial charge in [0.05, 0.1) is 36.9 Å². The maximum Gasteiger partial charge on any atom is 0.287 e. The van der Waals surface area contributed by atoms with Crippen molar-refractivity contribution in [2.24, 2.45) is 0 Å². The van der Waals surface area contributed by atoms with Gasteiger partial charge in [-0.15, -0.1) is 0 Å². The van der Waals surface area contributed by atoms with Crippen molar-refractivity contribution < 1.29 is 23.8 Å². The van der Waals surface area contributed by atoms with Crippen LogP contribution in [0.4, 0.5) is 11.4 Å². The summed E-state index contributed by atoms with van der Waals surface area (Å²) in [6, 6.07) is 7.28. The molecular formula is C25H30N6O5. The second kappa shape index (κ2) is 10.4. The first-order chi connectivity index (χ1) is 17.5. The maximum absolute atomic E-state index is 13.2. The minimum absolute atomic E-state index is 0.178. The average molecular weight is 495 g/mol. The molecule has 0 aliphatic carbocycles. The van der Waals surface area contributed by atoms with Crippen LogP contribution in [0.1, 0.15) is 15.9 Å². The fraction of sp³-hybridized carbons (Fsp3) is 0.400. The number of hydrogen-bond donors (Lipinski definition) is 2. The Kier molecular flexibility index (Phi) is 6.92. The molecule has 0 bridgehead atoms. The molecule has 4 heterocycles. The predicted octanol–water partition coefficient (Wildman–Crippen LogP) is 1.20. The molecule has 0 spiro atoms. The van der Waals surface area contributed by atoms with Crippen LogP contribution in [0.25, 0.3) is 0 Å². The quantitative estimate of drug-likeness (QED) is 0.523. The number of anilines is 2. The zero-order valence-electron chi connectivity index (χ0n) is 20.4. The van der Waals surface area contributed by atoms with E-state index in [0.717, 1.165) is 37.4 Å². The van der Waals surface area contributed by atoms with Crippen molar-refractivity contribution in [3.63, 3.8) is 0 Å². The summed E-state index contributed by atoms with van der Waals surface area (Å²) in [7, 11) is 3.36. The van der Waals surface area contributed by atoms with Gasteiger partial charge in [0.2, 0.25) is 5.88 Å². The number of ether oxygens (including phenoxy) is 3. The summed E-state index contributed by atoms with van der Waals surface area (Å²) in [5.74, 6) is 0.482. The lowest BCUT2D eigenvalue weighted by Gasteiger charge is -2.31. The zero-order chi connectivity index (χ0) is 25.1. The second-order valence-electron chi connectivity index (χ2n) is 8.77. The molecule has 1 saturated heterocycles. The van der Waals surface area contributed by atoms with Gasteiger partial charge in [-0.1, -0.05) is 0 Å². The number of methoxy groups -OCH3 is 1. The Balaban J connectivity index is 1.24. The van der Waals surface area contributed by atoms with Crippen molar-refractivity contribution >= 4 is 23.2 Å². The summed E-state index contributed by atoms with van der Waals surface area (Å²) < 4.78 is 16.7. The lowest BCUT2D eigenvalue weighted by Crippen LogP contribution is -2.44. The van der Waals surface area contributed by atoms with Gasteiger partial charge in [0.15, 0.2) is 0 Å². The zero-order valence-corrected chi connectivity index (χ0v) is 20.4. The summed E-state index contributed by atoms with van der Waals surface area (Å²) >= 11 is 0. The van der Waals surface area contributed by atoms with E-state index in [1.165, 1.54) is 4.90 Å². The maximum atomic E-state index is 13.2. The van der Waals surface area contributed by atoms with Gasteiger partial charge in [-0.3, -0.25) is 19.5 Å². The molecule has 1 aromatic heterocycles. The Hall–Kier alpha value is -3.83. The Morgan fingerprint density at radius 3 is 2.89 bits per heavy atom. The van der Waals surface area contributed by atoms with E-state index in [-0.39, 0.29) is 11.8 Å². The predicted molar refractivity (Wildman–Crippen MR) is 132 cm³/mol. The van der Waals surface area contributed by atoms with Gasteiger partial charge in [-0.05, 0) is 29.8 Å². The number of likely N-dealkylation sites (N-methyl/N-ethyl adjacent to an activating group) is 1. The first-order valence-electron chi connectivity index (χ1n) is 11.9. The highest BCUT2D eigenvalue weighted by Gasteiger charge is 2.38. The third-order valence-electron chi connectivity index (χ3n) is 6.36. The van der Waals surface area contributed by atoms with Gasteiger partial charge in [0, 0.05) is 52.1 Å². The van der Waals surface area contributed by atoms with E-state index in [1.807, 2.05) is 12.1 Å². The fourth-order valence-electron chi connectivity index (χ4n) is 4.51. The molecule has 1 aromatic carbocycles. The number of carbonyl (C=O) groups is 2. The Labute approximate surface area is 209 Å². The van der Waals surface area contributed by atoms with E-state index < -0.39 is 6.23 Å². The molecule has 0 saturated carbocycles.